The molecule has 3 N–H and O–H groups in total. The van der Waals surface area contributed by atoms with Crippen molar-refractivity contribution in [2.24, 2.45) is 11.8 Å². The lowest BCUT2D eigenvalue weighted by Gasteiger charge is -2.35. The van der Waals surface area contributed by atoms with E-state index in [4.69, 9.17) is 9.47 Å². The maximum absolute atomic E-state index is 13.4. The molecule has 0 radical (unpaired) electrons. The van der Waals surface area contributed by atoms with Crippen LogP contribution in [0.4, 0.5) is 11.5 Å². The number of carboxylic acids is 1. The highest BCUT2D eigenvalue weighted by atomic mass is 16.5. The van der Waals surface area contributed by atoms with Crippen LogP contribution < -0.4 is 15.4 Å². The van der Waals surface area contributed by atoms with E-state index in [9.17, 15) is 14.7 Å². The molecular weight excluding hydrogens is 448 g/mol. The summed E-state index contributed by atoms with van der Waals surface area (Å²) >= 11 is 0. The summed E-state index contributed by atoms with van der Waals surface area (Å²) in [6, 6.07) is 12.9. The number of fused-ring (bicyclic) bond motifs is 1. The molecular formula is C26H28N4O5. The maximum Gasteiger partial charge on any atom is 0.314 e. The summed E-state index contributed by atoms with van der Waals surface area (Å²) in [4.78, 5) is 34.4. The molecule has 1 aromatic heterocycles. The smallest absolute Gasteiger partial charge is 0.314 e. The number of hydrogen-bond acceptors (Lipinski definition) is 8. The molecule has 2 aromatic carbocycles. The Balaban J connectivity index is 1.85. The predicted molar refractivity (Wildman–Crippen MR) is 132 cm³/mol. The Morgan fingerprint density at radius 2 is 2.11 bits per heavy atom. The number of piperidine rings is 1. The molecule has 3 atom stereocenters. The van der Waals surface area contributed by atoms with Crippen LogP contribution in [0.2, 0.25) is 0 Å². The van der Waals surface area contributed by atoms with E-state index < -0.39 is 29.7 Å². The van der Waals surface area contributed by atoms with Crippen LogP contribution in [0.15, 0.2) is 61.4 Å². The number of carbonyl (C=O) groups excluding carboxylic acids is 1. The third-order valence-electron chi connectivity index (χ3n) is 6.24. The fourth-order valence-electron chi connectivity index (χ4n) is 4.64. The van der Waals surface area contributed by atoms with Crippen LogP contribution in [0.3, 0.4) is 0 Å². The van der Waals surface area contributed by atoms with Crippen molar-refractivity contribution in [3.63, 3.8) is 0 Å². The van der Waals surface area contributed by atoms with Gasteiger partial charge in [0.15, 0.2) is 0 Å². The third-order valence-corrected chi connectivity index (χ3v) is 6.24. The summed E-state index contributed by atoms with van der Waals surface area (Å²) in [5.41, 5.74) is 2.00. The van der Waals surface area contributed by atoms with Crippen LogP contribution in [0.5, 0.6) is 5.75 Å². The van der Waals surface area contributed by atoms with Crippen LogP contribution in [-0.4, -0.2) is 53.8 Å². The van der Waals surface area contributed by atoms with Crippen LogP contribution in [0.1, 0.15) is 17.9 Å². The molecule has 0 saturated carbocycles. The van der Waals surface area contributed by atoms with E-state index >= 15 is 0 Å². The monoisotopic (exact) mass is 476 g/mol. The highest BCUT2D eigenvalue weighted by molar-refractivity contribution is 5.97. The van der Waals surface area contributed by atoms with Gasteiger partial charge in [0.05, 0.1) is 24.5 Å². The standard InChI is InChI=1S/C26H28N4O5/c1-3-12-35-26(33)22(18-10-11-27-14-20(18)25(31)32)19-8-5-9-21-23(19)24(29-15-28-21)30-16-6-4-7-17(13-16)34-2/h3-9,13,15,18,20,22,27H,1,10-12,14H2,2H3,(H,31,32)(H,28,29,30)/t18-,20-,22?/m0/s1. The fourth-order valence-corrected chi connectivity index (χ4v) is 4.64. The first-order valence-corrected chi connectivity index (χ1v) is 11.4. The number of aliphatic carboxylic acids is 1. The SMILES string of the molecule is C=CCOC(=O)C(c1cccc2ncnc(Nc3cccc(OC)c3)c12)[C@H]1CCNC[C@@H]1C(=O)O. The van der Waals surface area contributed by atoms with Crippen molar-refractivity contribution in [2.75, 3.05) is 32.1 Å². The molecule has 1 unspecified atom stereocenters. The van der Waals surface area contributed by atoms with Crippen molar-refractivity contribution in [3.8, 4) is 5.75 Å². The number of esters is 1. The molecule has 2 heterocycles. The molecule has 0 amide bonds. The number of carboxylic acid groups (broad SMARTS) is 1. The number of carbonyl (C=O) groups is 2. The zero-order valence-electron chi connectivity index (χ0n) is 19.4. The van der Waals surface area contributed by atoms with E-state index in [1.165, 1.54) is 12.4 Å². The molecule has 182 valence electrons. The molecule has 1 aliphatic rings. The first kappa shape index (κ1) is 24.2. The molecule has 9 nitrogen and oxygen atoms in total. The van der Waals surface area contributed by atoms with Crippen LogP contribution in [-0.2, 0) is 14.3 Å². The molecule has 35 heavy (non-hydrogen) atoms. The number of nitrogens with one attached hydrogen (secondary N) is 2. The molecule has 4 rings (SSSR count). The molecule has 1 aliphatic heterocycles. The summed E-state index contributed by atoms with van der Waals surface area (Å²) in [5.74, 6) is -2.30. The van der Waals surface area contributed by atoms with Gasteiger partial charge in [-0.2, -0.15) is 0 Å². The van der Waals surface area contributed by atoms with Gasteiger partial charge >= 0.3 is 11.9 Å². The minimum atomic E-state index is -0.949. The van der Waals surface area contributed by atoms with E-state index in [1.807, 2.05) is 42.5 Å². The van der Waals surface area contributed by atoms with Gasteiger partial charge in [-0.05, 0) is 42.6 Å². The van der Waals surface area contributed by atoms with Crippen LogP contribution >= 0.6 is 0 Å². The Morgan fingerprint density at radius 1 is 1.29 bits per heavy atom. The molecule has 0 bridgehead atoms. The van der Waals surface area contributed by atoms with Crippen molar-refractivity contribution in [3.05, 3.63) is 67.0 Å². The van der Waals surface area contributed by atoms with Gasteiger partial charge < -0.3 is 25.2 Å². The average molecular weight is 477 g/mol. The van der Waals surface area contributed by atoms with Gasteiger partial charge in [-0.25, -0.2) is 9.97 Å². The minimum absolute atomic E-state index is 0.0359. The molecule has 0 aliphatic carbocycles. The van der Waals surface area contributed by atoms with Crippen molar-refractivity contribution < 1.29 is 24.2 Å². The number of methoxy groups -OCH3 is 1. The van der Waals surface area contributed by atoms with E-state index in [2.05, 4.69) is 27.2 Å². The fraction of sp³-hybridized carbons (Fsp3) is 0.308. The quantitative estimate of drug-likeness (QED) is 0.314. The van der Waals surface area contributed by atoms with Crippen molar-refractivity contribution in [2.45, 2.75) is 12.3 Å². The lowest BCUT2D eigenvalue weighted by molar-refractivity contribution is -0.150. The lowest BCUT2D eigenvalue weighted by atomic mass is 9.73. The number of aromatic nitrogens is 2. The van der Waals surface area contributed by atoms with Gasteiger partial charge in [-0.15, -0.1) is 0 Å². The maximum atomic E-state index is 13.4. The Morgan fingerprint density at radius 3 is 2.89 bits per heavy atom. The first-order chi connectivity index (χ1) is 17.0. The molecule has 9 heteroatoms. The van der Waals surface area contributed by atoms with Gasteiger partial charge in [0, 0.05) is 23.7 Å². The molecule has 3 aromatic rings. The Labute approximate surface area is 203 Å². The second-order valence-electron chi connectivity index (χ2n) is 8.32. The van der Waals surface area contributed by atoms with Crippen LogP contribution in [0.25, 0.3) is 10.9 Å². The summed E-state index contributed by atoms with van der Waals surface area (Å²) in [5, 5.41) is 17.0. The normalized spacial score (nSPS) is 18.4. The summed E-state index contributed by atoms with van der Waals surface area (Å²) < 4.78 is 10.8. The highest BCUT2D eigenvalue weighted by Crippen LogP contribution is 2.40. The number of nitrogens with zero attached hydrogens (tertiary/aromatic N) is 2. The minimum Gasteiger partial charge on any atom is -0.497 e. The van der Waals surface area contributed by atoms with Crippen LogP contribution in [0, 0.1) is 11.8 Å². The summed E-state index contributed by atoms with van der Waals surface area (Å²) in [6.45, 7) is 4.55. The number of rotatable bonds is 9. The van der Waals surface area contributed by atoms with E-state index in [0.717, 1.165) is 5.69 Å². The zero-order valence-corrected chi connectivity index (χ0v) is 19.4. The number of ether oxygens (including phenoxy) is 2. The van der Waals surface area contributed by atoms with Gasteiger partial charge in [-0.1, -0.05) is 30.9 Å². The molecule has 1 fully saturated rings. The largest absolute Gasteiger partial charge is 0.497 e. The van der Waals surface area contributed by atoms with Crippen molar-refractivity contribution in [1.29, 1.82) is 0 Å². The predicted octanol–water partition coefficient (Wildman–Crippen LogP) is 3.51. The zero-order chi connectivity index (χ0) is 24.8. The molecule has 1 saturated heterocycles. The van der Waals surface area contributed by atoms with E-state index in [0.29, 0.717) is 41.0 Å². The third kappa shape index (κ3) is 5.25. The lowest BCUT2D eigenvalue weighted by Crippen LogP contribution is -2.45. The van der Waals surface area contributed by atoms with Gasteiger partial charge in [-0.3, -0.25) is 9.59 Å². The first-order valence-electron chi connectivity index (χ1n) is 11.4. The van der Waals surface area contributed by atoms with Gasteiger partial charge in [0.25, 0.3) is 0 Å². The van der Waals surface area contributed by atoms with Crippen molar-refractivity contribution in [1.82, 2.24) is 15.3 Å². The number of anilines is 2. The Bertz CT molecular complexity index is 1230. The van der Waals surface area contributed by atoms with Gasteiger partial charge in [0.2, 0.25) is 0 Å². The topological polar surface area (TPSA) is 123 Å². The second kappa shape index (κ2) is 11.0. The summed E-state index contributed by atoms with van der Waals surface area (Å²) in [6.07, 6.45) is 3.45. The molecule has 0 spiro atoms. The van der Waals surface area contributed by atoms with E-state index in [-0.39, 0.29) is 13.2 Å². The van der Waals surface area contributed by atoms with Gasteiger partial charge in [0.1, 0.15) is 24.5 Å². The Kier molecular flexibility index (Phi) is 7.57. The van der Waals surface area contributed by atoms with Crippen molar-refractivity contribution >= 4 is 34.3 Å². The number of hydrogen-bond donors (Lipinski definition) is 3. The van der Waals surface area contributed by atoms with E-state index in [1.54, 1.807) is 7.11 Å². The average Bonchev–Trinajstić information content (AvgIpc) is 2.88. The number of benzene rings is 2. The summed E-state index contributed by atoms with van der Waals surface area (Å²) in [7, 11) is 1.59. The Hall–Kier alpha value is -3.98. The second-order valence-corrected chi connectivity index (χ2v) is 8.32. The highest BCUT2D eigenvalue weighted by Gasteiger charge is 2.42.